The Morgan fingerprint density at radius 2 is 2.00 bits per heavy atom. The van der Waals surface area contributed by atoms with Crippen molar-refractivity contribution in [2.75, 3.05) is 19.8 Å². The Morgan fingerprint density at radius 1 is 1.28 bits per heavy atom. The molecule has 2 unspecified atom stereocenters. The zero-order valence-electron chi connectivity index (χ0n) is 10.8. The van der Waals surface area contributed by atoms with E-state index in [1.165, 1.54) is 24.0 Å². The highest BCUT2D eigenvalue weighted by atomic mass is 16.5. The molecule has 3 heteroatoms. The summed E-state index contributed by atoms with van der Waals surface area (Å²) in [5.41, 5.74) is 8.95. The van der Waals surface area contributed by atoms with Crippen LogP contribution in [0, 0.1) is 5.92 Å². The maximum absolute atomic E-state index is 6.02. The molecule has 0 spiro atoms. The molecule has 0 bridgehead atoms. The molecule has 0 saturated carbocycles. The molecule has 3 nitrogen and oxygen atoms in total. The Morgan fingerprint density at radius 3 is 2.56 bits per heavy atom. The van der Waals surface area contributed by atoms with Crippen molar-refractivity contribution < 1.29 is 4.74 Å². The van der Waals surface area contributed by atoms with Crippen molar-refractivity contribution in [2.24, 2.45) is 11.7 Å². The summed E-state index contributed by atoms with van der Waals surface area (Å²) < 4.78 is 5.62. The monoisotopic (exact) mass is 246 g/mol. The second kappa shape index (κ2) is 5.39. The molecule has 1 aromatic carbocycles. The van der Waals surface area contributed by atoms with Crippen LogP contribution in [0.4, 0.5) is 0 Å². The number of fused-ring (bicyclic) bond motifs is 1. The molecule has 1 aromatic rings. The highest BCUT2D eigenvalue weighted by Gasteiger charge is 2.31. The van der Waals surface area contributed by atoms with E-state index in [0.29, 0.717) is 12.0 Å². The molecule has 2 aliphatic rings. The Hall–Kier alpha value is -0.900. The van der Waals surface area contributed by atoms with Crippen LogP contribution >= 0.6 is 0 Å². The van der Waals surface area contributed by atoms with E-state index < -0.39 is 0 Å². The fourth-order valence-electron chi connectivity index (χ4n) is 3.30. The predicted molar refractivity (Wildman–Crippen MR) is 72.1 cm³/mol. The molecule has 0 aliphatic carbocycles. The lowest BCUT2D eigenvalue weighted by atomic mass is 9.92. The number of nitrogens with zero attached hydrogens (tertiary/aromatic N) is 1. The van der Waals surface area contributed by atoms with Crippen LogP contribution in [-0.4, -0.2) is 30.7 Å². The first-order valence-electron chi connectivity index (χ1n) is 6.97. The second-order valence-electron chi connectivity index (χ2n) is 5.45. The summed E-state index contributed by atoms with van der Waals surface area (Å²) in [7, 11) is 0. The van der Waals surface area contributed by atoms with Crippen LogP contribution in [-0.2, 0) is 17.8 Å². The molecule has 0 amide bonds. The van der Waals surface area contributed by atoms with Gasteiger partial charge in [0, 0.05) is 32.3 Å². The fraction of sp³-hybridized carbons (Fsp3) is 0.600. The molecule has 18 heavy (non-hydrogen) atoms. The third kappa shape index (κ3) is 2.30. The zero-order chi connectivity index (χ0) is 12.4. The SMILES string of the molecule is NCC(C1CCCOC1)N1Cc2ccccc2C1. The summed E-state index contributed by atoms with van der Waals surface area (Å²) in [4.78, 5) is 2.53. The average Bonchev–Trinajstić information content (AvgIpc) is 2.84. The van der Waals surface area contributed by atoms with Crippen LogP contribution in [0.1, 0.15) is 24.0 Å². The number of benzene rings is 1. The zero-order valence-corrected chi connectivity index (χ0v) is 10.8. The van der Waals surface area contributed by atoms with Gasteiger partial charge in [0.15, 0.2) is 0 Å². The minimum absolute atomic E-state index is 0.470. The standard InChI is InChI=1S/C15H22N2O/c16-8-15(14-6-3-7-18-11-14)17-9-12-4-1-2-5-13(12)10-17/h1-2,4-5,14-15H,3,6-11,16H2. The third-order valence-electron chi connectivity index (χ3n) is 4.32. The van der Waals surface area contributed by atoms with Crippen molar-refractivity contribution in [3.63, 3.8) is 0 Å². The van der Waals surface area contributed by atoms with Gasteiger partial charge in [-0.25, -0.2) is 0 Å². The lowest BCUT2D eigenvalue weighted by molar-refractivity contribution is 0.00990. The van der Waals surface area contributed by atoms with Crippen molar-refractivity contribution in [2.45, 2.75) is 32.0 Å². The quantitative estimate of drug-likeness (QED) is 0.883. The van der Waals surface area contributed by atoms with Gasteiger partial charge in [-0.1, -0.05) is 24.3 Å². The number of ether oxygens (including phenoxy) is 1. The lowest BCUT2D eigenvalue weighted by Crippen LogP contribution is -2.45. The van der Waals surface area contributed by atoms with Crippen molar-refractivity contribution in [3.8, 4) is 0 Å². The molecule has 2 aliphatic heterocycles. The lowest BCUT2D eigenvalue weighted by Gasteiger charge is -2.35. The summed E-state index contributed by atoms with van der Waals surface area (Å²) >= 11 is 0. The molecule has 0 aromatic heterocycles. The number of rotatable bonds is 3. The second-order valence-corrected chi connectivity index (χ2v) is 5.45. The molecule has 2 heterocycles. The van der Waals surface area contributed by atoms with Gasteiger partial charge in [0.2, 0.25) is 0 Å². The van der Waals surface area contributed by atoms with Crippen LogP contribution in [0.3, 0.4) is 0 Å². The van der Waals surface area contributed by atoms with Crippen LogP contribution < -0.4 is 5.73 Å². The Bertz CT molecular complexity index is 376. The van der Waals surface area contributed by atoms with E-state index in [1.54, 1.807) is 0 Å². The minimum Gasteiger partial charge on any atom is -0.381 e. The molecule has 1 fully saturated rings. The fourth-order valence-corrected chi connectivity index (χ4v) is 3.30. The highest BCUT2D eigenvalue weighted by molar-refractivity contribution is 5.30. The van der Waals surface area contributed by atoms with Gasteiger partial charge in [0.25, 0.3) is 0 Å². The van der Waals surface area contributed by atoms with Crippen LogP contribution in [0.25, 0.3) is 0 Å². The molecular formula is C15H22N2O. The first-order chi connectivity index (χ1) is 8.88. The number of nitrogens with two attached hydrogens (primary N) is 1. The summed E-state index contributed by atoms with van der Waals surface area (Å²) in [6.07, 6.45) is 2.44. The van der Waals surface area contributed by atoms with E-state index in [2.05, 4.69) is 29.2 Å². The van der Waals surface area contributed by atoms with Gasteiger partial charge in [-0.15, -0.1) is 0 Å². The van der Waals surface area contributed by atoms with E-state index in [9.17, 15) is 0 Å². The van der Waals surface area contributed by atoms with Crippen LogP contribution in [0.2, 0.25) is 0 Å². The highest BCUT2D eigenvalue weighted by Crippen LogP contribution is 2.29. The van der Waals surface area contributed by atoms with Crippen molar-refractivity contribution in [1.82, 2.24) is 4.90 Å². The summed E-state index contributed by atoms with van der Waals surface area (Å²) in [6.45, 7) is 4.65. The number of hydrogen-bond donors (Lipinski definition) is 1. The Kier molecular flexibility index (Phi) is 3.64. The van der Waals surface area contributed by atoms with E-state index in [0.717, 1.165) is 32.8 Å². The van der Waals surface area contributed by atoms with E-state index in [1.807, 2.05) is 0 Å². The van der Waals surface area contributed by atoms with Gasteiger partial charge in [-0.05, 0) is 29.9 Å². The van der Waals surface area contributed by atoms with E-state index >= 15 is 0 Å². The predicted octanol–water partition coefficient (Wildman–Crippen LogP) is 1.76. The maximum Gasteiger partial charge on any atom is 0.0509 e. The van der Waals surface area contributed by atoms with E-state index in [4.69, 9.17) is 10.5 Å². The van der Waals surface area contributed by atoms with Gasteiger partial charge in [-0.3, -0.25) is 4.90 Å². The van der Waals surface area contributed by atoms with Gasteiger partial charge >= 0.3 is 0 Å². The van der Waals surface area contributed by atoms with Gasteiger partial charge in [-0.2, -0.15) is 0 Å². The van der Waals surface area contributed by atoms with Crippen LogP contribution in [0.5, 0.6) is 0 Å². The molecular weight excluding hydrogens is 224 g/mol. The van der Waals surface area contributed by atoms with Crippen molar-refractivity contribution >= 4 is 0 Å². The molecule has 1 saturated heterocycles. The van der Waals surface area contributed by atoms with Crippen molar-refractivity contribution in [1.29, 1.82) is 0 Å². The van der Waals surface area contributed by atoms with Crippen LogP contribution in [0.15, 0.2) is 24.3 Å². The Balaban J connectivity index is 1.71. The minimum atomic E-state index is 0.470. The van der Waals surface area contributed by atoms with E-state index in [-0.39, 0.29) is 0 Å². The number of hydrogen-bond acceptors (Lipinski definition) is 3. The normalized spacial score (nSPS) is 25.9. The van der Waals surface area contributed by atoms with Crippen molar-refractivity contribution in [3.05, 3.63) is 35.4 Å². The first-order valence-corrected chi connectivity index (χ1v) is 6.97. The summed E-state index contributed by atoms with van der Waals surface area (Å²) in [5.74, 6) is 0.609. The van der Waals surface area contributed by atoms with Gasteiger partial charge < -0.3 is 10.5 Å². The molecule has 2 N–H and O–H groups in total. The van der Waals surface area contributed by atoms with Gasteiger partial charge in [0.1, 0.15) is 0 Å². The van der Waals surface area contributed by atoms with Gasteiger partial charge in [0.05, 0.1) is 6.61 Å². The third-order valence-corrected chi connectivity index (χ3v) is 4.32. The summed E-state index contributed by atoms with van der Waals surface area (Å²) in [5, 5.41) is 0. The largest absolute Gasteiger partial charge is 0.381 e. The summed E-state index contributed by atoms with van der Waals surface area (Å²) in [6, 6.07) is 9.20. The topological polar surface area (TPSA) is 38.5 Å². The maximum atomic E-state index is 6.02. The molecule has 0 radical (unpaired) electrons. The molecule has 3 rings (SSSR count). The molecule has 2 atom stereocenters. The first kappa shape index (κ1) is 12.2. The average molecular weight is 246 g/mol. The smallest absolute Gasteiger partial charge is 0.0509 e. The Labute approximate surface area is 109 Å². The molecule has 98 valence electrons.